The number of nitrogens with one attached hydrogen (secondary N) is 1. The Labute approximate surface area is 267 Å². The van der Waals surface area contributed by atoms with Gasteiger partial charge >= 0.3 is 5.97 Å². The zero-order chi connectivity index (χ0) is 30.8. The SMILES string of the molecule is C=CC(=O)OCCCCCCCCCCCOc1ccc(/N=N/c2cc3sc(/N=N/c4ccc(NCC)cc4)nc3s2)cc1. The second-order valence-corrected chi connectivity index (χ2v) is 12.1. The molecule has 0 amide bonds. The highest BCUT2D eigenvalue weighted by Crippen LogP contribution is 2.39. The van der Waals surface area contributed by atoms with Crippen LogP contribution in [0.15, 0.2) is 87.7 Å². The van der Waals surface area contributed by atoms with E-state index in [1.165, 1.54) is 67.3 Å². The van der Waals surface area contributed by atoms with Crippen LogP contribution in [0.1, 0.15) is 64.7 Å². The van der Waals surface area contributed by atoms with Gasteiger partial charge in [-0.05, 0) is 74.4 Å². The number of thiophene rings is 1. The summed E-state index contributed by atoms with van der Waals surface area (Å²) in [4.78, 5) is 16.4. The topological polar surface area (TPSA) is 110 Å². The molecule has 0 aliphatic rings. The number of benzene rings is 2. The molecule has 0 aliphatic carbocycles. The summed E-state index contributed by atoms with van der Waals surface area (Å²) in [6, 6.07) is 17.5. The molecule has 0 saturated heterocycles. The van der Waals surface area contributed by atoms with Gasteiger partial charge in [-0.3, -0.25) is 0 Å². The molecule has 0 aliphatic heterocycles. The third-order valence-electron chi connectivity index (χ3n) is 6.63. The third kappa shape index (κ3) is 11.6. The molecule has 0 fully saturated rings. The molecule has 0 saturated carbocycles. The first-order chi connectivity index (χ1) is 21.6. The Hall–Kier alpha value is -3.96. The first-order valence-corrected chi connectivity index (χ1v) is 16.9. The maximum atomic E-state index is 11.0. The molecule has 2 aromatic carbocycles. The fourth-order valence-corrected chi connectivity index (χ4v) is 6.18. The fourth-order valence-electron chi connectivity index (χ4n) is 4.33. The first kappa shape index (κ1) is 32.9. The number of unbranched alkanes of at least 4 members (excludes halogenated alkanes) is 8. The summed E-state index contributed by atoms with van der Waals surface area (Å²) in [7, 11) is 0. The minimum Gasteiger partial charge on any atom is -0.494 e. The van der Waals surface area contributed by atoms with E-state index in [4.69, 9.17) is 9.47 Å². The second kappa shape index (κ2) is 18.6. The minimum absolute atomic E-state index is 0.334. The Morgan fingerprint density at radius 2 is 1.43 bits per heavy atom. The van der Waals surface area contributed by atoms with Crippen molar-refractivity contribution in [2.24, 2.45) is 20.5 Å². The van der Waals surface area contributed by atoms with Gasteiger partial charge in [0.05, 0.1) is 29.3 Å². The van der Waals surface area contributed by atoms with Gasteiger partial charge in [0.1, 0.15) is 15.6 Å². The third-order valence-corrected chi connectivity index (χ3v) is 8.56. The van der Waals surface area contributed by atoms with Gasteiger partial charge in [0.2, 0.25) is 5.13 Å². The van der Waals surface area contributed by atoms with E-state index < -0.39 is 0 Å². The number of anilines is 1. The van der Waals surface area contributed by atoms with E-state index in [1.54, 1.807) is 0 Å². The van der Waals surface area contributed by atoms with Crippen LogP contribution in [-0.2, 0) is 9.53 Å². The molecule has 232 valence electrons. The Morgan fingerprint density at radius 3 is 2.07 bits per heavy atom. The van der Waals surface area contributed by atoms with Gasteiger partial charge in [-0.2, -0.15) is 0 Å². The van der Waals surface area contributed by atoms with E-state index in [0.29, 0.717) is 18.3 Å². The van der Waals surface area contributed by atoms with E-state index in [2.05, 4.69) is 44.3 Å². The Bertz CT molecular complexity index is 1460. The molecule has 9 nitrogen and oxygen atoms in total. The summed E-state index contributed by atoms with van der Waals surface area (Å²) in [6.45, 7) is 7.55. The molecule has 0 unspecified atom stereocenters. The normalized spacial score (nSPS) is 11.5. The Kier molecular flexibility index (Phi) is 14.0. The highest BCUT2D eigenvalue weighted by Gasteiger charge is 2.08. The van der Waals surface area contributed by atoms with Gasteiger partial charge in [-0.25, -0.2) is 9.78 Å². The van der Waals surface area contributed by atoms with Crippen LogP contribution in [0.5, 0.6) is 5.75 Å². The summed E-state index contributed by atoms with van der Waals surface area (Å²) >= 11 is 2.97. The van der Waals surface area contributed by atoms with Crippen molar-refractivity contribution in [1.29, 1.82) is 0 Å². The molecular weight excluding hydrogens is 593 g/mol. The molecule has 2 heterocycles. The molecule has 0 radical (unpaired) electrons. The number of carbonyl (C=O) groups is 1. The predicted molar refractivity (Wildman–Crippen MR) is 181 cm³/mol. The number of fused-ring (bicyclic) bond motifs is 1. The minimum atomic E-state index is -0.334. The fraction of sp³-hybridized carbons (Fsp3) is 0.394. The zero-order valence-corrected chi connectivity index (χ0v) is 26.9. The maximum absolute atomic E-state index is 11.0. The lowest BCUT2D eigenvalue weighted by Crippen LogP contribution is -2.01. The number of nitrogens with zero attached hydrogens (tertiary/aromatic N) is 5. The van der Waals surface area contributed by atoms with E-state index in [0.717, 1.165) is 63.2 Å². The lowest BCUT2D eigenvalue weighted by atomic mass is 10.1. The lowest BCUT2D eigenvalue weighted by Gasteiger charge is -2.06. The van der Waals surface area contributed by atoms with Crippen LogP contribution in [0.25, 0.3) is 9.53 Å². The number of azo groups is 2. The van der Waals surface area contributed by atoms with Crippen molar-refractivity contribution in [3.8, 4) is 5.75 Å². The highest BCUT2D eigenvalue weighted by molar-refractivity contribution is 7.30. The molecular formula is C33H40N6O3S2. The number of hydrogen-bond donors (Lipinski definition) is 1. The van der Waals surface area contributed by atoms with Gasteiger partial charge in [-0.1, -0.05) is 74.2 Å². The van der Waals surface area contributed by atoms with E-state index in [-0.39, 0.29) is 5.97 Å². The van der Waals surface area contributed by atoms with Crippen LogP contribution in [0, 0.1) is 0 Å². The van der Waals surface area contributed by atoms with Gasteiger partial charge in [0.25, 0.3) is 0 Å². The first-order valence-electron chi connectivity index (χ1n) is 15.2. The monoisotopic (exact) mass is 632 g/mol. The summed E-state index contributed by atoms with van der Waals surface area (Å²) in [6.07, 6.45) is 11.6. The van der Waals surface area contributed by atoms with Crippen molar-refractivity contribution in [1.82, 2.24) is 4.98 Å². The van der Waals surface area contributed by atoms with Crippen molar-refractivity contribution in [3.63, 3.8) is 0 Å². The number of hydrogen-bond acceptors (Lipinski definition) is 11. The summed E-state index contributed by atoms with van der Waals surface area (Å²) in [5, 5.41) is 22.0. The molecule has 0 spiro atoms. The second-order valence-electron chi connectivity index (χ2n) is 10.1. The summed E-state index contributed by atoms with van der Waals surface area (Å²) in [5.41, 5.74) is 2.62. The Morgan fingerprint density at radius 1 is 0.818 bits per heavy atom. The molecule has 44 heavy (non-hydrogen) atoms. The van der Waals surface area contributed by atoms with Crippen LogP contribution in [0.2, 0.25) is 0 Å². The van der Waals surface area contributed by atoms with Crippen molar-refractivity contribution in [2.75, 3.05) is 25.1 Å². The van der Waals surface area contributed by atoms with Gasteiger partial charge < -0.3 is 14.8 Å². The largest absolute Gasteiger partial charge is 0.494 e. The van der Waals surface area contributed by atoms with Gasteiger partial charge in [0.15, 0.2) is 0 Å². The zero-order valence-electron chi connectivity index (χ0n) is 25.2. The van der Waals surface area contributed by atoms with E-state index in [9.17, 15) is 4.79 Å². The van der Waals surface area contributed by atoms with Gasteiger partial charge in [0, 0.05) is 18.3 Å². The van der Waals surface area contributed by atoms with E-state index in [1.807, 2.05) is 54.6 Å². The van der Waals surface area contributed by atoms with E-state index >= 15 is 0 Å². The molecule has 1 N–H and O–H groups in total. The molecule has 4 aromatic rings. The number of carbonyl (C=O) groups excluding carboxylic acids is 1. The molecule has 11 heteroatoms. The number of ether oxygens (including phenoxy) is 2. The standard InChI is InChI=1S/C33H40N6O3S2/c1-3-31(40)42-23-13-11-9-7-5-6-8-10-12-22-41-28-20-18-27(19-21-28)36-38-30-24-29-32(44-30)35-33(43-29)39-37-26-16-14-25(15-17-26)34-4-2/h3,14-21,24,34H,1,4-13,22-23H2,2H3/b38-36+,39-37+. The predicted octanol–water partition coefficient (Wildman–Crippen LogP) is 11.2. The van der Waals surface area contributed by atoms with Crippen LogP contribution >= 0.6 is 22.7 Å². The van der Waals surface area contributed by atoms with Crippen LogP contribution in [0.4, 0.5) is 27.2 Å². The maximum Gasteiger partial charge on any atom is 0.330 e. The smallest absolute Gasteiger partial charge is 0.330 e. The van der Waals surface area contributed by atoms with Crippen LogP contribution in [-0.4, -0.2) is 30.7 Å². The van der Waals surface area contributed by atoms with Crippen molar-refractivity contribution in [3.05, 3.63) is 67.3 Å². The highest BCUT2D eigenvalue weighted by atomic mass is 32.1. The molecule has 0 bridgehead atoms. The average molecular weight is 633 g/mol. The Balaban J connectivity index is 1.08. The number of thiazole rings is 1. The molecule has 2 aromatic heterocycles. The summed E-state index contributed by atoms with van der Waals surface area (Å²) in [5.74, 6) is 0.512. The number of esters is 1. The van der Waals surface area contributed by atoms with Crippen molar-refractivity contribution < 1.29 is 14.3 Å². The van der Waals surface area contributed by atoms with Crippen molar-refractivity contribution >= 4 is 65.4 Å². The number of aromatic nitrogens is 1. The summed E-state index contributed by atoms with van der Waals surface area (Å²) < 4.78 is 11.9. The number of rotatable bonds is 20. The van der Waals surface area contributed by atoms with Gasteiger partial charge in [-0.15, -0.1) is 20.5 Å². The lowest BCUT2D eigenvalue weighted by molar-refractivity contribution is -0.137. The molecule has 4 rings (SSSR count). The average Bonchev–Trinajstić information content (AvgIpc) is 3.61. The molecule has 0 atom stereocenters. The van der Waals surface area contributed by atoms with Crippen LogP contribution < -0.4 is 10.1 Å². The van der Waals surface area contributed by atoms with Crippen molar-refractivity contribution in [2.45, 2.75) is 64.7 Å². The quantitative estimate of drug-likeness (QED) is 0.0451. The van der Waals surface area contributed by atoms with Crippen LogP contribution in [0.3, 0.4) is 0 Å².